The number of rotatable bonds is 6. The number of carbonyl (C=O) groups is 1. The molecule has 1 atom stereocenters. The topological polar surface area (TPSA) is 52.6 Å². The molecular weight excluding hydrogens is 284 g/mol. The first-order chi connectivity index (χ1) is 10.1. The molecule has 2 aromatic rings. The molecule has 0 aliphatic heterocycles. The molecule has 21 heavy (non-hydrogen) atoms. The Morgan fingerprint density at radius 1 is 1.38 bits per heavy atom. The van der Waals surface area contributed by atoms with Gasteiger partial charge in [-0.1, -0.05) is 6.07 Å². The first-order valence-electron chi connectivity index (χ1n) is 6.83. The molecule has 1 aromatic heterocycles. The molecule has 0 saturated carbocycles. The van der Waals surface area contributed by atoms with Gasteiger partial charge in [0.25, 0.3) is 5.91 Å². The number of aliphatic hydroxyl groups is 1. The van der Waals surface area contributed by atoms with Gasteiger partial charge in [0, 0.05) is 31.9 Å². The molecule has 0 radical (unpaired) electrons. The smallest absolute Gasteiger partial charge is 0.251 e. The van der Waals surface area contributed by atoms with E-state index in [2.05, 4.69) is 5.32 Å². The molecule has 1 heterocycles. The zero-order valence-corrected chi connectivity index (χ0v) is 13.1. The van der Waals surface area contributed by atoms with E-state index in [4.69, 9.17) is 0 Å². The molecule has 2 N–H and O–H groups in total. The van der Waals surface area contributed by atoms with Crippen LogP contribution in [0.25, 0.3) is 0 Å². The third-order valence-corrected chi connectivity index (χ3v) is 3.96. The molecule has 0 bridgehead atoms. The maximum atomic E-state index is 12.1. The molecule has 0 unspecified atom stereocenters. The molecule has 0 spiro atoms. The maximum Gasteiger partial charge on any atom is 0.251 e. The SMILES string of the molecule is CN(C)c1cccc(C(=O)NCC[C@H](O)c2ccsc2)c1. The van der Waals surface area contributed by atoms with Crippen molar-refractivity contribution in [2.45, 2.75) is 12.5 Å². The van der Waals surface area contributed by atoms with E-state index < -0.39 is 6.10 Å². The zero-order chi connectivity index (χ0) is 15.2. The lowest BCUT2D eigenvalue weighted by atomic mass is 10.1. The van der Waals surface area contributed by atoms with E-state index in [1.54, 1.807) is 17.4 Å². The van der Waals surface area contributed by atoms with E-state index in [1.807, 2.05) is 54.0 Å². The molecule has 1 aromatic carbocycles. The normalized spacial score (nSPS) is 12.0. The average Bonchev–Trinajstić information content (AvgIpc) is 3.01. The van der Waals surface area contributed by atoms with Gasteiger partial charge in [-0.2, -0.15) is 11.3 Å². The minimum Gasteiger partial charge on any atom is -0.388 e. The van der Waals surface area contributed by atoms with Crippen molar-refractivity contribution < 1.29 is 9.90 Å². The highest BCUT2D eigenvalue weighted by Crippen LogP contribution is 2.18. The van der Waals surface area contributed by atoms with Crippen molar-refractivity contribution in [2.75, 3.05) is 25.5 Å². The highest BCUT2D eigenvalue weighted by atomic mass is 32.1. The monoisotopic (exact) mass is 304 g/mol. The van der Waals surface area contributed by atoms with Gasteiger partial charge < -0.3 is 15.3 Å². The quantitative estimate of drug-likeness (QED) is 0.862. The molecule has 0 aliphatic carbocycles. The van der Waals surface area contributed by atoms with Crippen molar-refractivity contribution in [1.82, 2.24) is 5.32 Å². The van der Waals surface area contributed by atoms with Gasteiger partial charge in [0.15, 0.2) is 0 Å². The van der Waals surface area contributed by atoms with Gasteiger partial charge in [-0.25, -0.2) is 0 Å². The van der Waals surface area contributed by atoms with Crippen LogP contribution in [0.5, 0.6) is 0 Å². The van der Waals surface area contributed by atoms with Crippen LogP contribution in [0, 0.1) is 0 Å². The molecule has 0 fully saturated rings. The summed E-state index contributed by atoms with van der Waals surface area (Å²) in [7, 11) is 3.88. The van der Waals surface area contributed by atoms with Crippen LogP contribution in [-0.2, 0) is 0 Å². The van der Waals surface area contributed by atoms with E-state index in [9.17, 15) is 9.90 Å². The van der Waals surface area contributed by atoms with Gasteiger partial charge in [0.05, 0.1) is 6.10 Å². The van der Waals surface area contributed by atoms with Crippen LogP contribution < -0.4 is 10.2 Å². The Hall–Kier alpha value is -1.85. The third kappa shape index (κ3) is 4.31. The van der Waals surface area contributed by atoms with Crippen LogP contribution in [0.1, 0.15) is 28.4 Å². The summed E-state index contributed by atoms with van der Waals surface area (Å²) in [6, 6.07) is 9.36. The second-order valence-corrected chi connectivity index (χ2v) is 5.84. The molecule has 0 aliphatic rings. The lowest BCUT2D eigenvalue weighted by molar-refractivity contribution is 0.0942. The van der Waals surface area contributed by atoms with Crippen LogP contribution >= 0.6 is 11.3 Å². The van der Waals surface area contributed by atoms with E-state index in [0.29, 0.717) is 18.5 Å². The number of thiophene rings is 1. The van der Waals surface area contributed by atoms with Crippen molar-refractivity contribution >= 4 is 22.9 Å². The number of hydrogen-bond donors (Lipinski definition) is 2. The Labute approximate surface area is 129 Å². The van der Waals surface area contributed by atoms with Crippen molar-refractivity contribution in [1.29, 1.82) is 0 Å². The first-order valence-corrected chi connectivity index (χ1v) is 7.78. The minimum atomic E-state index is -0.523. The number of carbonyl (C=O) groups excluding carboxylic acids is 1. The molecule has 0 saturated heterocycles. The van der Waals surface area contributed by atoms with Crippen LogP contribution in [-0.4, -0.2) is 31.7 Å². The van der Waals surface area contributed by atoms with Crippen molar-refractivity contribution in [2.24, 2.45) is 0 Å². The summed E-state index contributed by atoms with van der Waals surface area (Å²) in [4.78, 5) is 14.0. The number of benzene rings is 1. The fourth-order valence-electron chi connectivity index (χ4n) is 1.98. The third-order valence-electron chi connectivity index (χ3n) is 3.26. The van der Waals surface area contributed by atoms with Gasteiger partial charge in [-0.3, -0.25) is 4.79 Å². The summed E-state index contributed by atoms with van der Waals surface area (Å²) >= 11 is 1.56. The number of nitrogens with one attached hydrogen (secondary N) is 1. The summed E-state index contributed by atoms with van der Waals surface area (Å²) in [5, 5.41) is 16.7. The lowest BCUT2D eigenvalue weighted by Crippen LogP contribution is -2.25. The van der Waals surface area contributed by atoms with E-state index in [-0.39, 0.29) is 5.91 Å². The fourth-order valence-corrected chi connectivity index (χ4v) is 2.69. The summed E-state index contributed by atoms with van der Waals surface area (Å²) in [5.74, 6) is -0.115. The molecule has 5 heteroatoms. The van der Waals surface area contributed by atoms with E-state index >= 15 is 0 Å². The number of aliphatic hydroxyl groups excluding tert-OH is 1. The fraction of sp³-hybridized carbons (Fsp3) is 0.312. The van der Waals surface area contributed by atoms with Crippen molar-refractivity contribution in [3.8, 4) is 0 Å². The average molecular weight is 304 g/mol. The number of anilines is 1. The van der Waals surface area contributed by atoms with Gasteiger partial charge in [-0.15, -0.1) is 0 Å². The summed E-state index contributed by atoms with van der Waals surface area (Å²) in [6.07, 6.45) is -0.0137. The largest absolute Gasteiger partial charge is 0.388 e. The first kappa shape index (κ1) is 15.5. The van der Waals surface area contributed by atoms with Gasteiger partial charge in [0.2, 0.25) is 0 Å². The van der Waals surface area contributed by atoms with Crippen LogP contribution in [0.3, 0.4) is 0 Å². The highest BCUT2D eigenvalue weighted by molar-refractivity contribution is 7.07. The van der Waals surface area contributed by atoms with Crippen LogP contribution in [0.2, 0.25) is 0 Å². The molecular formula is C16H20N2O2S. The number of nitrogens with zero attached hydrogens (tertiary/aromatic N) is 1. The van der Waals surface area contributed by atoms with Gasteiger partial charge in [0.1, 0.15) is 0 Å². The second kappa shape index (κ2) is 7.24. The highest BCUT2D eigenvalue weighted by Gasteiger charge is 2.10. The van der Waals surface area contributed by atoms with Gasteiger partial charge >= 0.3 is 0 Å². The predicted octanol–water partition coefficient (Wildman–Crippen LogP) is 2.67. The van der Waals surface area contributed by atoms with E-state index in [0.717, 1.165) is 11.3 Å². The summed E-state index contributed by atoms with van der Waals surface area (Å²) in [5.41, 5.74) is 2.52. The molecule has 2 rings (SSSR count). The van der Waals surface area contributed by atoms with Crippen molar-refractivity contribution in [3.63, 3.8) is 0 Å². The molecule has 112 valence electrons. The Morgan fingerprint density at radius 2 is 2.19 bits per heavy atom. The zero-order valence-electron chi connectivity index (χ0n) is 12.2. The second-order valence-electron chi connectivity index (χ2n) is 5.06. The minimum absolute atomic E-state index is 0.115. The van der Waals surface area contributed by atoms with Crippen molar-refractivity contribution in [3.05, 3.63) is 52.2 Å². The Balaban J connectivity index is 1.86. The maximum absolute atomic E-state index is 12.1. The molecule has 4 nitrogen and oxygen atoms in total. The predicted molar refractivity (Wildman–Crippen MR) is 87.0 cm³/mol. The summed E-state index contributed by atoms with van der Waals surface area (Å²) in [6.45, 7) is 0.446. The Kier molecular flexibility index (Phi) is 5.36. The number of hydrogen-bond acceptors (Lipinski definition) is 4. The Morgan fingerprint density at radius 3 is 2.86 bits per heavy atom. The summed E-state index contributed by atoms with van der Waals surface area (Å²) < 4.78 is 0. The Bertz CT molecular complexity index is 582. The lowest BCUT2D eigenvalue weighted by Gasteiger charge is -2.14. The van der Waals surface area contributed by atoms with E-state index in [1.165, 1.54) is 0 Å². The van der Waals surface area contributed by atoms with Crippen LogP contribution in [0.15, 0.2) is 41.1 Å². The van der Waals surface area contributed by atoms with Crippen LogP contribution in [0.4, 0.5) is 5.69 Å². The molecule has 1 amide bonds. The number of amides is 1. The van der Waals surface area contributed by atoms with Gasteiger partial charge in [-0.05, 0) is 47.0 Å². The standard InChI is InChI=1S/C16H20N2O2S/c1-18(2)14-5-3-4-12(10-14)16(20)17-8-6-15(19)13-7-9-21-11-13/h3-5,7,9-11,15,19H,6,8H2,1-2H3,(H,17,20)/t15-/m0/s1.